The summed E-state index contributed by atoms with van der Waals surface area (Å²) in [6.07, 6.45) is 2.43. The highest BCUT2D eigenvalue weighted by Gasteiger charge is 2.25. The number of hydrogen-bond acceptors (Lipinski definition) is 2. The van der Waals surface area contributed by atoms with Crippen LogP contribution in [0.1, 0.15) is 35.6 Å². The van der Waals surface area contributed by atoms with Gasteiger partial charge in [-0.3, -0.25) is 0 Å². The standard InChI is InChI=1S/C15H22BrNO/c1-10-8-14(16)11(2)7-13(10)15(17-3)12-5-4-6-18-9-12/h7-8,12,15,17H,4-6,9H2,1-3H3. The Labute approximate surface area is 118 Å². The zero-order valence-electron chi connectivity index (χ0n) is 11.4. The molecule has 0 spiro atoms. The van der Waals surface area contributed by atoms with Gasteiger partial charge in [-0.05, 0) is 56.5 Å². The van der Waals surface area contributed by atoms with E-state index in [4.69, 9.17) is 4.74 Å². The number of benzene rings is 1. The topological polar surface area (TPSA) is 21.3 Å². The third-order valence-electron chi connectivity index (χ3n) is 3.86. The van der Waals surface area contributed by atoms with Gasteiger partial charge in [0.1, 0.15) is 0 Å². The predicted molar refractivity (Wildman–Crippen MR) is 79.0 cm³/mol. The Morgan fingerprint density at radius 3 is 2.72 bits per heavy atom. The highest BCUT2D eigenvalue weighted by Crippen LogP contribution is 2.32. The molecule has 2 rings (SSSR count). The van der Waals surface area contributed by atoms with Gasteiger partial charge in [-0.1, -0.05) is 22.0 Å². The molecule has 1 aromatic rings. The first kappa shape index (κ1) is 14.0. The van der Waals surface area contributed by atoms with Crippen molar-refractivity contribution in [2.24, 2.45) is 5.92 Å². The van der Waals surface area contributed by atoms with Crippen LogP contribution < -0.4 is 5.32 Å². The van der Waals surface area contributed by atoms with E-state index in [1.165, 1.54) is 34.0 Å². The monoisotopic (exact) mass is 311 g/mol. The van der Waals surface area contributed by atoms with E-state index in [-0.39, 0.29) is 0 Å². The van der Waals surface area contributed by atoms with Crippen LogP contribution in [-0.4, -0.2) is 20.3 Å². The van der Waals surface area contributed by atoms with E-state index < -0.39 is 0 Å². The number of hydrogen-bond donors (Lipinski definition) is 1. The van der Waals surface area contributed by atoms with E-state index in [0.717, 1.165) is 13.2 Å². The summed E-state index contributed by atoms with van der Waals surface area (Å²) in [5.41, 5.74) is 4.05. The third kappa shape index (κ3) is 2.95. The van der Waals surface area contributed by atoms with Crippen molar-refractivity contribution in [3.8, 4) is 0 Å². The van der Waals surface area contributed by atoms with Gasteiger partial charge >= 0.3 is 0 Å². The van der Waals surface area contributed by atoms with Gasteiger partial charge < -0.3 is 10.1 Å². The molecule has 1 aliphatic heterocycles. The lowest BCUT2D eigenvalue weighted by molar-refractivity contribution is 0.0401. The molecule has 0 radical (unpaired) electrons. The average Bonchev–Trinajstić information content (AvgIpc) is 2.38. The molecule has 1 saturated heterocycles. The number of nitrogens with one attached hydrogen (secondary N) is 1. The Balaban J connectivity index is 2.28. The minimum atomic E-state index is 0.400. The number of ether oxygens (including phenoxy) is 1. The average molecular weight is 312 g/mol. The summed E-state index contributed by atoms with van der Waals surface area (Å²) in [4.78, 5) is 0. The lowest BCUT2D eigenvalue weighted by atomic mass is 9.86. The molecule has 1 N–H and O–H groups in total. The summed E-state index contributed by atoms with van der Waals surface area (Å²) in [6.45, 7) is 6.13. The Bertz CT molecular complexity index is 413. The summed E-state index contributed by atoms with van der Waals surface area (Å²) >= 11 is 3.60. The van der Waals surface area contributed by atoms with E-state index >= 15 is 0 Å². The van der Waals surface area contributed by atoms with Crippen molar-refractivity contribution in [1.82, 2.24) is 5.32 Å². The molecule has 2 atom stereocenters. The molecule has 0 amide bonds. The molecule has 1 aliphatic rings. The van der Waals surface area contributed by atoms with Gasteiger partial charge in [0.2, 0.25) is 0 Å². The van der Waals surface area contributed by atoms with Crippen molar-refractivity contribution in [2.45, 2.75) is 32.7 Å². The summed E-state index contributed by atoms with van der Waals surface area (Å²) < 4.78 is 6.82. The lowest BCUT2D eigenvalue weighted by Crippen LogP contribution is -2.32. The third-order valence-corrected chi connectivity index (χ3v) is 4.71. The molecule has 100 valence electrons. The fourth-order valence-corrected chi connectivity index (χ4v) is 3.27. The molecule has 0 aliphatic carbocycles. The van der Waals surface area contributed by atoms with Gasteiger partial charge in [-0.25, -0.2) is 0 Å². The zero-order chi connectivity index (χ0) is 13.1. The van der Waals surface area contributed by atoms with Gasteiger partial charge in [0.15, 0.2) is 0 Å². The van der Waals surface area contributed by atoms with Crippen LogP contribution in [0.15, 0.2) is 16.6 Å². The summed E-state index contributed by atoms with van der Waals surface area (Å²) in [6, 6.07) is 4.92. The highest BCUT2D eigenvalue weighted by atomic mass is 79.9. The first-order chi connectivity index (χ1) is 8.63. The Morgan fingerprint density at radius 2 is 2.11 bits per heavy atom. The van der Waals surface area contributed by atoms with Crippen molar-refractivity contribution in [1.29, 1.82) is 0 Å². The van der Waals surface area contributed by atoms with Gasteiger partial charge in [0.25, 0.3) is 0 Å². The Morgan fingerprint density at radius 1 is 1.33 bits per heavy atom. The molecule has 2 unspecified atom stereocenters. The van der Waals surface area contributed by atoms with E-state index in [0.29, 0.717) is 12.0 Å². The molecule has 1 aromatic carbocycles. The second-order valence-corrected chi connectivity index (χ2v) is 6.06. The molecule has 1 heterocycles. The molecule has 0 saturated carbocycles. The van der Waals surface area contributed by atoms with E-state index in [1.54, 1.807) is 0 Å². The van der Waals surface area contributed by atoms with Crippen LogP contribution in [-0.2, 0) is 4.74 Å². The van der Waals surface area contributed by atoms with Gasteiger partial charge in [-0.2, -0.15) is 0 Å². The second-order valence-electron chi connectivity index (χ2n) is 5.20. The maximum atomic E-state index is 5.63. The fraction of sp³-hybridized carbons (Fsp3) is 0.600. The minimum Gasteiger partial charge on any atom is -0.381 e. The van der Waals surface area contributed by atoms with Gasteiger partial charge in [0.05, 0.1) is 6.61 Å². The predicted octanol–water partition coefficient (Wildman–Crippen LogP) is 3.75. The SMILES string of the molecule is CNC(c1cc(C)c(Br)cc1C)C1CCCOC1. The van der Waals surface area contributed by atoms with Crippen molar-refractivity contribution >= 4 is 15.9 Å². The van der Waals surface area contributed by atoms with Crippen LogP contribution >= 0.6 is 15.9 Å². The Hall–Kier alpha value is -0.380. The molecule has 3 heteroatoms. The summed E-state index contributed by atoms with van der Waals surface area (Å²) in [5, 5.41) is 3.48. The van der Waals surface area contributed by atoms with Crippen molar-refractivity contribution < 1.29 is 4.74 Å². The molecular formula is C15H22BrNO. The number of rotatable bonds is 3. The quantitative estimate of drug-likeness (QED) is 0.918. The zero-order valence-corrected chi connectivity index (χ0v) is 13.0. The van der Waals surface area contributed by atoms with Crippen molar-refractivity contribution in [3.05, 3.63) is 33.3 Å². The lowest BCUT2D eigenvalue weighted by Gasteiger charge is -2.31. The van der Waals surface area contributed by atoms with E-state index in [2.05, 4.69) is 54.3 Å². The summed E-state index contributed by atoms with van der Waals surface area (Å²) in [7, 11) is 2.05. The molecule has 1 fully saturated rings. The molecule has 2 nitrogen and oxygen atoms in total. The highest BCUT2D eigenvalue weighted by molar-refractivity contribution is 9.10. The Kier molecular flexibility index (Phi) is 4.82. The maximum absolute atomic E-state index is 5.63. The van der Waals surface area contributed by atoms with Crippen LogP contribution in [0.5, 0.6) is 0 Å². The molecule has 0 bridgehead atoms. The van der Waals surface area contributed by atoms with Crippen LogP contribution in [0.2, 0.25) is 0 Å². The first-order valence-corrected chi connectivity index (χ1v) is 7.44. The largest absolute Gasteiger partial charge is 0.381 e. The van der Waals surface area contributed by atoms with Crippen LogP contribution in [0.3, 0.4) is 0 Å². The van der Waals surface area contributed by atoms with Crippen molar-refractivity contribution in [2.75, 3.05) is 20.3 Å². The fourth-order valence-electron chi connectivity index (χ4n) is 2.81. The summed E-state index contributed by atoms with van der Waals surface area (Å²) in [5.74, 6) is 0.586. The normalized spacial score (nSPS) is 21.9. The van der Waals surface area contributed by atoms with Gasteiger partial charge in [0, 0.05) is 23.0 Å². The smallest absolute Gasteiger partial charge is 0.0512 e. The number of aryl methyl sites for hydroxylation is 2. The van der Waals surface area contributed by atoms with E-state index in [9.17, 15) is 0 Å². The van der Waals surface area contributed by atoms with Crippen LogP contribution in [0.4, 0.5) is 0 Å². The maximum Gasteiger partial charge on any atom is 0.0512 e. The van der Waals surface area contributed by atoms with Gasteiger partial charge in [-0.15, -0.1) is 0 Å². The minimum absolute atomic E-state index is 0.400. The molecular weight excluding hydrogens is 290 g/mol. The molecule has 18 heavy (non-hydrogen) atoms. The van der Waals surface area contributed by atoms with Crippen LogP contribution in [0.25, 0.3) is 0 Å². The van der Waals surface area contributed by atoms with Crippen LogP contribution in [0, 0.1) is 19.8 Å². The van der Waals surface area contributed by atoms with E-state index in [1.807, 2.05) is 0 Å². The molecule has 0 aromatic heterocycles. The van der Waals surface area contributed by atoms with Crippen molar-refractivity contribution in [3.63, 3.8) is 0 Å². The first-order valence-electron chi connectivity index (χ1n) is 6.65. The number of halogens is 1. The second kappa shape index (κ2) is 6.18.